The van der Waals surface area contributed by atoms with Crippen molar-refractivity contribution in [3.63, 3.8) is 0 Å². The van der Waals surface area contributed by atoms with Crippen molar-refractivity contribution in [1.82, 2.24) is 10.6 Å². The number of nitrogens with zero attached hydrogens (tertiary/aromatic N) is 1. The number of carbonyl (C=O) groups is 3. The van der Waals surface area contributed by atoms with E-state index < -0.39 is 12.1 Å². The number of hydrogen-bond acceptors (Lipinski definition) is 4. The first-order valence-electron chi connectivity index (χ1n) is 9.83. The van der Waals surface area contributed by atoms with Crippen LogP contribution in [0.1, 0.15) is 42.2 Å². The zero-order valence-electron chi connectivity index (χ0n) is 17.4. The summed E-state index contributed by atoms with van der Waals surface area (Å²) in [5, 5.41) is 14.5. The smallest absolute Gasteiger partial charge is 0.405 e. The molecule has 2 aromatic rings. The van der Waals surface area contributed by atoms with E-state index in [1.807, 2.05) is 37.3 Å². The maximum absolute atomic E-state index is 12.2. The highest BCUT2D eigenvalue weighted by Crippen LogP contribution is 2.39. The fraction of sp³-hybridized carbons (Fsp3) is 0.318. The van der Waals surface area contributed by atoms with E-state index in [0.717, 1.165) is 16.7 Å². The largest absolute Gasteiger partial charge is 0.465 e. The van der Waals surface area contributed by atoms with Gasteiger partial charge in [0.15, 0.2) is 0 Å². The summed E-state index contributed by atoms with van der Waals surface area (Å²) in [7, 11) is 0. The second kappa shape index (κ2) is 10.3. The molecule has 0 aromatic heterocycles. The summed E-state index contributed by atoms with van der Waals surface area (Å²) < 4.78 is 0. The number of amides is 3. The van der Waals surface area contributed by atoms with Crippen LogP contribution in [0, 0.1) is 0 Å². The molecule has 8 nitrogen and oxygen atoms in total. The van der Waals surface area contributed by atoms with Gasteiger partial charge >= 0.3 is 6.09 Å². The highest BCUT2D eigenvalue weighted by atomic mass is 35.5. The van der Waals surface area contributed by atoms with Crippen molar-refractivity contribution < 1.29 is 19.5 Å². The van der Waals surface area contributed by atoms with Gasteiger partial charge in [-0.1, -0.05) is 18.2 Å². The molecule has 0 unspecified atom stereocenters. The molecule has 9 heteroatoms. The van der Waals surface area contributed by atoms with Crippen molar-refractivity contribution in [2.75, 3.05) is 18.0 Å². The van der Waals surface area contributed by atoms with E-state index in [4.69, 9.17) is 5.73 Å². The first-order valence-corrected chi connectivity index (χ1v) is 9.83. The van der Waals surface area contributed by atoms with Gasteiger partial charge < -0.3 is 26.4 Å². The Hall–Kier alpha value is -3.10. The Bertz CT molecular complexity index is 964. The lowest BCUT2D eigenvalue weighted by atomic mass is 9.89. The number of carboxylic acid groups (broad SMARTS) is 1. The normalized spacial score (nSPS) is 17.2. The molecule has 1 aliphatic heterocycles. The molecule has 0 saturated heterocycles. The van der Waals surface area contributed by atoms with Gasteiger partial charge in [-0.05, 0) is 54.3 Å². The van der Waals surface area contributed by atoms with Gasteiger partial charge in [0.05, 0.1) is 6.04 Å². The molecule has 0 spiro atoms. The summed E-state index contributed by atoms with van der Waals surface area (Å²) in [5.41, 5.74) is 9.17. The molecule has 0 fully saturated rings. The SMILES string of the molecule is CC(=O)N1c2ccc(-c3ccc(C(=O)NCCN)cc3)cc2[C@H](NC(=O)O)C[C@@H]1C.Cl. The fourth-order valence-corrected chi connectivity index (χ4v) is 3.91. The summed E-state index contributed by atoms with van der Waals surface area (Å²) in [4.78, 5) is 37.2. The number of fused-ring (bicyclic) bond motifs is 1. The van der Waals surface area contributed by atoms with E-state index in [1.54, 1.807) is 17.0 Å². The third-order valence-electron chi connectivity index (χ3n) is 5.23. The molecule has 2 atom stereocenters. The number of hydrogen-bond donors (Lipinski definition) is 4. The Morgan fingerprint density at radius 1 is 1.13 bits per heavy atom. The van der Waals surface area contributed by atoms with Gasteiger partial charge in [0.2, 0.25) is 5.91 Å². The molecule has 1 aliphatic rings. The molecule has 31 heavy (non-hydrogen) atoms. The van der Waals surface area contributed by atoms with Crippen LogP contribution >= 0.6 is 12.4 Å². The predicted molar refractivity (Wildman–Crippen MR) is 122 cm³/mol. The lowest BCUT2D eigenvalue weighted by Gasteiger charge is -2.39. The average Bonchev–Trinajstić information content (AvgIpc) is 2.71. The summed E-state index contributed by atoms with van der Waals surface area (Å²) in [6.07, 6.45) is -0.615. The Balaban J connectivity index is 0.00000341. The van der Waals surface area contributed by atoms with Gasteiger partial charge in [-0.3, -0.25) is 9.59 Å². The van der Waals surface area contributed by atoms with E-state index in [9.17, 15) is 19.5 Å². The van der Waals surface area contributed by atoms with Gasteiger partial charge in [-0.2, -0.15) is 0 Å². The molecule has 5 N–H and O–H groups in total. The van der Waals surface area contributed by atoms with Crippen molar-refractivity contribution in [3.05, 3.63) is 53.6 Å². The van der Waals surface area contributed by atoms with Crippen LogP contribution in [-0.2, 0) is 4.79 Å². The summed E-state index contributed by atoms with van der Waals surface area (Å²) in [6, 6.07) is 12.3. The average molecular weight is 447 g/mol. The minimum Gasteiger partial charge on any atom is -0.465 e. The van der Waals surface area contributed by atoms with Crippen LogP contribution in [0.15, 0.2) is 42.5 Å². The standard InChI is InChI=1S/C22H26N4O4.ClH/c1-13-11-19(25-22(29)30)18-12-17(7-8-20(18)26(13)14(2)27)15-3-5-16(6-4-15)21(28)24-10-9-23;/h3-8,12-13,19,25H,9-11,23H2,1-2H3,(H,24,28)(H,29,30);1H/t13-,19+;/m0./s1. The number of anilines is 1. The Labute approximate surface area is 187 Å². The van der Waals surface area contributed by atoms with Crippen LogP contribution in [0.2, 0.25) is 0 Å². The van der Waals surface area contributed by atoms with E-state index in [1.165, 1.54) is 6.92 Å². The molecular weight excluding hydrogens is 420 g/mol. The van der Waals surface area contributed by atoms with Crippen molar-refractivity contribution in [1.29, 1.82) is 0 Å². The lowest BCUT2D eigenvalue weighted by Crippen LogP contribution is -2.45. The quantitative estimate of drug-likeness (QED) is 0.562. The summed E-state index contributed by atoms with van der Waals surface area (Å²) in [5.74, 6) is -0.271. The first kappa shape index (κ1) is 24.2. The molecule has 166 valence electrons. The number of carbonyl (C=O) groups excluding carboxylic acids is 2. The Morgan fingerprint density at radius 2 is 1.77 bits per heavy atom. The number of benzene rings is 2. The van der Waals surface area contributed by atoms with Crippen molar-refractivity contribution in [3.8, 4) is 11.1 Å². The number of rotatable bonds is 5. The lowest BCUT2D eigenvalue weighted by molar-refractivity contribution is -0.117. The van der Waals surface area contributed by atoms with E-state index in [0.29, 0.717) is 30.8 Å². The molecule has 0 radical (unpaired) electrons. The number of nitrogens with two attached hydrogens (primary N) is 1. The minimum absolute atomic E-state index is 0. The van der Waals surface area contributed by atoms with Crippen molar-refractivity contribution in [2.45, 2.75) is 32.4 Å². The second-order valence-corrected chi connectivity index (χ2v) is 7.37. The van der Waals surface area contributed by atoms with Crippen LogP contribution < -0.4 is 21.3 Å². The van der Waals surface area contributed by atoms with Crippen LogP contribution in [0.4, 0.5) is 10.5 Å². The fourth-order valence-electron chi connectivity index (χ4n) is 3.91. The monoisotopic (exact) mass is 446 g/mol. The molecule has 0 aliphatic carbocycles. The first-order chi connectivity index (χ1) is 14.3. The van der Waals surface area contributed by atoms with Crippen molar-refractivity contribution in [2.24, 2.45) is 5.73 Å². The van der Waals surface area contributed by atoms with Crippen LogP contribution in [0.25, 0.3) is 11.1 Å². The Morgan fingerprint density at radius 3 is 2.35 bits per heavy atom. The number of halogens is 1. The molecule has 2 aromatic carbocycles. The molecule has 0 saturated carbocycles. The summed E-state index contributed by atoms with van der Waals surface area (Å²) in [6.45, 7) is 4.20. The zero-order valence-corrected chi connectivity index (χ0v) is 18.2. The highest BCUT2D eigenvalue weighted by Gasteiger charge is 2.33. The molecule has 3 amide bonds. The molecule has 1 heterocycles. The summed E-state index contributed by atoms with van der Waals surface area (Å²) >= 11 is 0. The predicted octanol–water partition coefficient (Wildman–Crippen LogP) is 2.92. The Kier molecular flexibility index (Phi) is 8.01. The topological polar surface area (TPSA) is 125 Å². The van der Waals surface area contributed by atoms with Gasteiger partial charge in [-0.25, -0.2) is 4.79 Å². The second-order valence-electron chi connectivity index (χ2n) is 7.37. The molecular formula is C22H27ClN4O4. The molecule has 3 rings (SSSR count). The van der Waals surface area contributed by atoms with Crippen LogP contribution in [-0.4, -0.2) is 42.1 Å². The van der Waals surface area contributed by atoms with E-state index in [-0.39, 0.29) is 30.3 Å². The maximum atomic E-state index is 12.2. The van der Waals surface area contributed by atoms with Gasteiger partial charge in [0.25, 0.3) is 5.91 Å². The number of nitrogens with one attached hydrogen (secondary N) is 2. The van der Waals surface area contributed by atoms with Crippen LogP contribution in [0.3, 0.4) is 0 Å². The van der Waals surface area contributed by atoms with Gasteiger partial charge in [-0.15, -0.1) is 12.4 Å². The third-order valence-corrected chi connectivity index (χ3v) is 5.23. The van der Waals surface area contributed by atoms with Crippen LogP contribution in [0.5, 0.6) is 0 Å². The molecule has 0 bridgehead atoms. The van der Waals surface area contributed by atoms with E-state index >= 15 is 0 Å². The van der Waals surface area contributed by atoms with E-state index in [2.05, 4.69) is 10.6 Å². The minimum atomic E-state index is -1.10. The third kappa shape index (κ3) is 5.34. The highest BCUT2D eigenvalue weighted by molar-refractivity contribution is 5.95. The van der Waals surface area contributed by atoms with Crippen molar-refractivity contribution >= 4 is 36.0 Å². The van der Waals surface area contributed by atoms with Gasteiger partial charge in [0.1, 0.15) is 0 Å². The zero-order chi connectivity index (χ0) is 21.8. The van der Waals surface area contributed by atoms with Gasteiger partial charge in [0, 0.05) is 37.3 Å². The maximum Gasteiger partial charge on any atom is 0.405 e.